The molecule has 0 aromatic heterocycles. The van der Waals surface area contributed by atoms with Crippen LogP contribution in [0.4, 0.5) is 0 Å². The maximum Gasteiger partial charge on any atom is 0.221 e. The van der Waals surface area contributed by atoms with E-state index in [2.05, 4.69) is 0 Å². The fourth-order valence-electron chi connectivity index (χ4n) is 1.44. The fraction of sp³-hybridized carbons (Fsp3) is 0.364. The van der Waals surface area contributed by atoms with Gasteiger partial charge in [-0.05, 0) is 12.5 Å². The lowest BCUT2D eigenvalue weighted by Crippen LogP contribution is -2.14. The monoisotopic (exact) mass is 207 g/mol. The molecule has 1 aliphatic heterocycles. The number of carbonyl (C=O) groups is 1. The van der Waals surface area contributed by atoms with Crippen molar-refractivity contribution in [3.63, 3.8) is 0 Å². The van der Waals surface area contributed by atoms with E-state index in [0.29, 0.717) is 12.4 Å². The van der Waals surface area contributed by atoms with Crippen LogP contribution in [0.2, 0.25) is 0 Å². The van der Waals surface area contributed by atoms with E-state index in [1.165, 1.54) is 0 Å². The number of hydrogen-bond acceptors (Lipinski definition) is 3. The first kappa shape index (κ1) is 9.83. The molecule has 1 amide bonds. The molecule has 1 aromatic rings. The van der Waals surface area contributed by atoms with Gasteiger partial charge in [0.2, 0.25) is 11.7 Å². The van der Waals surface area contributed by atoms with Crippen molar-refractivity contribution in [3.8, 4) is 17.2 Å². The van der Waals surface area contributed by atoms with Crippen molar-refractivity contribution in [1.82, 2.24) is 0 Å². The van der Waals surface area contributed by atoms with Crippen molar-refractivity contribution in [2.75, 3.05) is 6.61 Å². The van der Waals surface area contributed by atoms with Gasteiger partial charge in [0.05, 0.1) is 13.0 Å². The average Bonchev–Trinajstić information content (AvgIpc) is 2.94. The molecule has 1 aromatic carbocycles. The highest BCUT2D eigenvalue weighted by atomic mass is 16.6. The van der Waals surface area contributed by atoms with E-state index in [1.807, 2.05) is 19.1 Å². The van der Waals surface area contributed by atoms with Crippen molar-refractivity contribution in [1.29, 1.82) is 0 Å². The molecule has 80 valence electrons. The molecule has 0 saturated carbocycles. The highest BCUT2D eigenvalue weighted by Crippen LogP contribution is 2.54. The van der Waals surface area contributed by atoms with Gasteiger partial charge in [-0.2, -0.15) is 0 Å². The number of rotatable bonds is 5. The van der Waals surface area contributed by atoms with Crippen LogP contribution in [0.15, 0.2) is 12.1 Å². The zero-order valence-electron chi connectivity index (χ0n) is 8.58. The largest absolute Gasteiger partial charge is 0.489 e. The van der Waals surface area contributed by atoms with Gasteiger partial charge in [0.15, 0.2) is 11.5 Å². The minimum Gasteiger partial charge on any atom is -0.489 e. The molecule has 0 spiro atoms. The van der Waals surface area contributed by atoms with Crippen LogP contribution < -0.4 is 15.2 Å². The lowest BCUT2D eigenvalue weighted by Gasteiger charge is -2.06. The van der Waals surface area contributed by atoms with Crippen LogP contribution in [0.1, 0.15) is 18.9 Å². The van der Waals surface area contributed by atoms with Gasteiger partial charge in [0.25, 0.3) is 0 Å². The summed E-state index contributed by atoms with van der Waals surface area (Å²) in [7, 11) is 0. The molecule has 1 heterocycles. The topological polar surface area (TPSA) is 64.8 Å². The molecule has 0 radical (unpaired) electrons. The summed E-state index contributed by atoms with van der Waals surface area (Å²) in [6.07, 6.45) is 1.11. The highest BCUT2D eigenvalue weighted by molar-refractivity contribution is 5.79. The van der Waals surface area contributed by atoms with E-state index in [1.54, 1.807) is 0 Å². The third-order valence-electron chi connectivity index (χ3n) is 2.14. The molecule has 2 N–H and O–H groups in total. The van der Waals surface area contributed by atoms with Crippen LogP contribution in [0.5, 0.6) is 17.2 Å². The van der Waals surface area contributed by atoms with E-state index in [0.717, 1.165) is 23.5 Å². The predicted molar refractivity (Wildman–Crippen MR) is 55.2 cm³/mol. The first-order valence-electron chi connectivity index (χ1n) is 4.97. The van der Waals surface area contributed by atoms with Gasteiger partial charge in [-0.25, -0.2) is 0 Å². The average molecular weight is 207 g/mol. The Labute approximate surface area is 88.0 Å². The summed E-state index contributed by atoms with van der Waals surface area (Å²) in [5.74, 6) is 1.89. The van der Waals surface area contributed by atoms with Gasteiger partial charge in [-0.1, -0.05) is 13.0 Å². The Kier molecular flexibility index (Phi) is 2.49. The molecular formula is C11H13NO3. The normalized spacial score (nSPS) is 11.5. The lowest BCUT2D eigenvalue weighted by molar-refractivity contribution is -0.117. The molecule has 2 rings (SSSR count). The van der Waals surface area contributed by atoms with Crippen LogP contribution in [-0.2, 0) is 11.2 Å². The Morgan fingerprint density at radius 1 is 1.53 bits per heavy atom. The van der Waals surface area contributed by atoms with E-state index in [-0.39, 0.29) is 12.3 Å². The van der Waals surface area contributed by atoms with Gasteiger partial charge >= 0.3 is 0 Å². The number of primary amides is 1. The number of nitrogens with two attached hydrogens (primary N) is 1. The van der Waals surface area contributed by atoms with Crippen molar-refractivity contribution < 1.29 is 14.3 Å². The molecule has 15 heavy (non-hydrogen) atoms. The zero-order valence-corrected chi connectivity index (χ0v) is 8.58. The number of benzene rings is 1. The maximum atomic E-state index is 10.8. The van der Waals surface area contributed by atoms with E-state index in [4.69, 9.17) is 15.2 Å². The van der Waals surface area contributed by atoms with Crippen molar-refractivity contribution in [2.24, 2.45) is 5.73 Å². The number of hydrogen-bond donors (Lipinski definition) is 1. The highest BCUT2D eigenvalue weighted by Gasteiger charge is 2.28. The minimum absolute atomic E-state index is 0.190. The van der Waals surface area contributed by atoms with Gasteiger partial charge in [0.1, 0.15) is 0 Å². The van der Waals surface area contributed by atoms with Gasteiger partial charge in [0, 0.05) is 5.56 Å². The summed E-state index contributed by atoms with van der Waals surface area (Å²) in [6, 6.07) is 3.65. The second-order valence-corrected chi connectivity index (χ2v) is 3.47. The molecule has 0 aliphatic carbocycles. The second-order valence-electron chi connectivity index (χ2n) is 3.47. The summed E-state index contributed by atoms with van der Waals surface area (Å²) in [4.78, 5) is 10.8. The number of carbonyl (C=O) groups excluding carboxylic acids is 1. The quantitative estimate of drug-likeness (QED) is 0.757. The number of ether oxygens (including phenoxy) is 2. The molecule has 4 nitrogen and oxygen atoms in total. The van der Waals surface area contributed by atoms with Crippen LogP contribution in [0.3, 0.4) is 0 Å². The molecular weight excluding hydrogens is 194 g/mol. The zero-order chi connectivity index (χ0) is 10.8. The Balaban J connectivity index is 2.21. The standard InChI is InChI=1S/C11H13NO3/c1-2-5-14-10-7(6-9(12)13)3-4-8-11(10)15-8/h3-4H,2,5-6H2,1H3,(H2,12,13). The van der Waals surface area contributed by atoms with E-state index >= 15 is 0 Å². The summed E-state index contributed by atoms with van der Waals surface area (Å²) in [6.45, 7) is 2.64. The summed E-state index contributed by atoms with van der Waals surface area (Å²) in [5, 5.41) is 0. The van der Waals surface area contributed by atoms with E-state index < -0.39 is 0 Å². The van der Waals surface area contributed by atoms with Gasteiger partial charge < -0.3 is 15.2 Å². The van der Waals surface area contributed by atoms with Gasteiger partial charge in [-0.3, -0.25) is 4.79 Å². The second kappa shape index (κ2) is 3.81. The Morgan fingerprint density at radius 3 is 3.00 bits per heavy atom. The summed E-state index contributed by atoms with van der Waals surface area (Å²) < 4.78 is 10.7. The van der Waals surface area contributed by atoms with E-state index in [9.17, 15) is 4.79 Å². The SMILES string of the molecule is CCCOc1c(CC(N)=O)ccc2c1O2. The smallest absolute Gasteiger partial charge is 0.221 e. The molecule has 0 atom stereocenters. The van der Waals surface area contributed by atoms with Crippen LogP contribution >= 0.6 is 0 Å². The molecule has 4 heteroatoms. The predicted octanol–water partition coefficient (Wildman–Crippen LogP) is 1.61. The maximum absolute atomic E-state index is 10.8. The summed E-state index contributed by atoms with van der Waals surface area (Å²) >= 11 is 0. The Bertz CT molecular complexity index is 401. The molecule has 0 unspecified atom stereocenters. The van der Waals surface area contributed by atoms with Crippen molar-refractivity contribution >= 4 is 5.91 Å². The minimum atomic E-state index is -0.364. The lowest BCUT2D eigenvalue weighted by atomic mass is 10.1. The van der Waals surface area contributed by atoms with Crippen molar-refractivity contribution in [3.05, 3.63) is 17.7 Å². The molecule has 0 fully saturated rings. The van der Waals surface area contributed by atoms with Crippen molar-refractivity contribution in [2.45, 2.75) is 19.8 Å². The molecule has 1 aliphatic rings. The Hall–Kier alpha value is -1.71. The molecule has 0 bridgehead atoms. The fourth-order valence-corrected chi connectivity index (χ4v) is 1.44. The molecule has 0 saturated heterocycles. The van der Waals surface area contributed by atoms with Crippen LogP contribution in [0.25, 0.3) is 0 Å². The van der Waals surface area contributed by atoms with Crippen LogP contribution in [0, 0.1) is 0 Å². The third-order valence-corrected chi connectivity index (χ3v) is 2.14. The Morgan fingerprint density at radius 2 is 2.33 bits per heavy atom. The van der Waals surface area contributed by atoms with Crippen LogP contribution in [-0.4, -0.2) is 12.5 Å². The third kappa shape index (κ3) is 2.03. The first-order valence-corrected chi connectivity index (χ1v) is 4.97. The number of amides is 1. The summed E-state index contributed by atoms with van der Waals surface area (Å²) in [5.41, 5.74) is 5.95. The van der Waals surface area contributed by atoms with Gasteiger partial charge in [-0.15, -0.1) is 0 Å². The number of fused-ring (bicyclic) bond motifs is 1. The first-order chi connectivity index (χ1) is 7.22.